The van der Waals surface area contributed by atoms with Gasteiger partial charge in [0.15, 0.2) is 5.76 Å². The topological polar surface area (TPSA) is 89.8 Å². The summed E-state index contributed by atoms with van der Waals surface area (Å²) in [6.45, 7) is 0.804. The Labute approximate surface area is 162 Å². The molecule has 2 N–H and O–H groups in total. The fourth-order valence-corrected chi connectivity index (χ4v) is 2.69. The SMILES string of the molecule is COCCNC(=O)CNC(=O)c1oc2ccccc2c1COc1ccccc1. The van der Waals surface area contributed by atoms with Gasteiger partial charge >= 0.3 is 0 Å². The molecule has 28 heavy (non-hydrogen) atoms. The van der Waals surface area contributed by atoms with Gasteiger partial charge in [-0.05, 0) is 18.2 Å². The molecule has 2 amide bonds. The summed E-state index contributed by atoms with van der Waals surface area (Å²) < 4.78 is 16.4. The summed E-state index contributed by atoms with van der Waals surface area (Å²) >= 11 is 0. The van der Waals surface area contributed by atoms with E-state index in [4.69, 9.17) is 13.9 Å². The molecule has 0 saturated carbocycles. The van der Waals surface area contributed by atoms with Gasteiger partial charge in [-0.1, -0.05) is 36.4 Å². The Balaban J connectivity index is 1.72. The Hall–Kier alpha value is -3.32. The first-order valence-electron chi connectivity index (χ1n) is 8.91. The van der Waals surface area contributed by atoms with Crippen LogP contribution in [-0.2, 0) is 16.1 Å². The minimum atomic E-state index is -0.468. The van der Waals surface area contributed by atoms with E-state index < -0.39 is 5.91 Å². The standard InChI is InChI=1S/C21H22N2O5/c1-26-12-11-22-19(24)13-23-21(25)20-17(14-27-15-7-3-2-4-8-15)16-9-5-6-10-18(16)28-20/h2-10H,11-14H2,1H3,(H,22,24)(H,23,25). The molecular weight excluding hydrogens is 360 g/mol. The van der Waals surface area contributed by atoms with Gasteiger partial charge in [-0.3, -0.25) is 9.59 Å². The molecule has 7 nitrogen and oxygen atoms in total. The van der Waals surface area contributed by atoms with Gasteiger partial charge in [0.1, 0.15) is 17.9 Å². The summed E-state index contributed by atoms with van der Waals surface area (Å²) in [5.41, 5.74) is 1.22. The molecule has 2 aromatic carbocycles. The Kier molecular flexibility index (Phi) is 6.64. The van der Waals surface area contributed by atoms with Crippen molar-refractivity contribution in [2.45, 2.75) is 6.61 Å². The van der Waals surface area contributed by atoms with Gasteiger partial charge in [0.2, 0.25) is 5.91 Å². The summed E-state index contributed by atoms with van der Waals surface area (Å²) in [4.78, 5) is 24.4. The molecule has 0 aliphatic carbocycles. The Morgan fingerprint density at radius 2 is 1.75 bits per heavy atom. The maximum Gasteiger partial charge on any atom is 0.287 e. The molecule has 0 radical (unpaired) electrons. The molecule has 0 aliphatic rings. The number of rotatable bonds is 9. The van der Waals surface area contributed by atoms with Crippen molar-refractivity contribution < 1.29 is 23.5 Å². The number of furan rings is 1. The zero-order valence-electron chi connectivity index (χ0n) is 15.6. The number of carbonyl (C=O) groups excluding carboxylic acids is 2. The number of carbonyl (C=O) groups is 2. The molecular formula is C21H22N2O5. The number of hydrogen-bond acceptors (Lipinski definition) is 5. The highest BCUT2D eigenvalue weighted by molar-refractivity contribution is 6.00. The Morgan fingerprint density at radius 1 is 1.00 bits per heavy atom. The third kappa shape index (κ3) is 4.89. The van der Waals surface area contributed by atoms with Crippen molar-refractivity contribution in [1.29, 1.82) is 0 Å². The highest BCUT2D eigenvalue weighted by Gasteiger charge is 2.21. The van der Waals surface area contributed by atoms with Gasteiger partial charge in [0, 0.05) is 24.6 Å². The zero-order chi connectivity index (χ0) is 19.8. The molecule has 0 unspecified atom stereocenters. The van der Waals surface area contributed by atoms with Gasteiger partial charge in [0.25, 0.3) is 5.91 Å². The molecule has 0 aliphatic heterocycles. The second-order valence-corrected chi connectivity index (χ2v) is 6.03. The number of benzene rings is 2. The third-order valence-electron chi connectivity index (χ3n) is 4.07. The lowest BCUT2D eigenvalue weighted by Gasteiger charge is -2.08. The molecule has 0 saturated heterocycles. The predicted octanol–water partition coefficient (Wildman–Crippen LogP) is 2.50. The Morgan fingerprint density at radius 3 is 2.54 bits per heavy atom. The number of methoxy groups -OCH3 is 1. The van der Waals surface area contributed by atoms with Crippen molar-refractivity contribution >= 4 is 22.8 Å². The van der Waals surface area contributed by atoms with Crippen molar-refractivity contribution in [1.82, 2.24) is 10.6 Å². The number of fused-ring (bicyclic) bond motifs is 1. The molecule has 0 spiro atoms. The maximum atomic E-state index is 12.6. The Bertz CT molecular complexity index is 936. The van der Waals surface area contributed by atoms with Gasteiger partial charge in [-0.2, -0.15) is 0 Å². The number of nitrogens with one attached hydrogen (secondary N) is 2. The third-order valence-corrected chi connectivity index (χ3v) is 4.07. The summed E-state index contributed by atoms with van der Waals surface area (Å²) in [6, 6.07) is 16.7. The first kappa shape index (κ1) is 19.4. The highest BCUT2D eigenvalue weighted by atomic mass is 16.5. The summed E-state index contributed by atoms with van der Waals surface area (Å²) in [5, 5.41) is 6.03. The fraction of sp³-hybridized carbons (Fsp3) is 0.238. The normalized spacial score (nSPS) is 10.6. The van der Waals surface area contributed by atoms with Crippen LogP contribution >= 0.6 is 0 Å². The van der Waals surface area contributed by atoms with E-state index in [-0.39, 0.29) is 24.8 Å². The highest BCUT2D eigenvalue weighted by Crippen LogP contribution is 2.27. The smallest absolute Gasteiger partial charge is 0.287 e. The predicted molar refractivity (Wildman–Crippen MR) is 104 cm³/mol. The molecule has 0 bridgehead atoms. The van der Waals surface area contributed by atoms with Crippen molar-refractivity contribution in [2.75, 3.05) is 26.8 Å². The van der Waals surface area contributed by atoms with Crippen LogP contribution in [0, 0.1) is 0 Å². The van der Waals surface area contributed by atoms with Crippen LogP contribution in [0.15, 0.2) is 59.0 Å². The van der Waals surface area contributed by atoms with Crippen molar-refractivity contribution in [3.63, 3.8) is 0 Å². The summed E-state index contributed by atoms with van der Waals surface area (Å²) in [6.07, 6.45) is 0. The van der Waals surface area contributed by atoms with Crippen LogP contribution < -0.4 is 15.4 Å². The van der Waals surface area contributed by atoms with Crippen LogP contribution in [-0.4, -0.2) is 38.6 Å². The number of para-hydroxylation sites is 2. The molecule has 3 aromatic rings. The van der Waals surface area contributed by atoms with Gasteiger partial charge < -0.3 is 24.5 Å². The van der Waals surface area contributed by atoms with E-state index in [1.54, 1.807) is 13.2 Å². The first-order valence-corrected chi connectivity index (χ1v) is 8.91. The van der Waals surface area contributed by atoms with Crippen LogP contribution in [0.2, 0.25) is 0 Å². The van der Waals surface area contributed by atoms with E-state index in [1.165, 1.54) is 0 Å². The van der Waals surface area contributed by atoms with Crippen molar-refractivity contribution in [3.05, 3.63) is 65.9 Å². The first-order chi connectivity index (χ1) is 13.7. The molecule has 0 fully saturated rings. The zero-order valence-corrected chi connectivity index (χ0v) is 15.6. The number of amides is 2. The molecule has 7 heteroatoms. The van der Waals surface area contributed by atoms with E-state index in [2.05, 4.69) is 10.6 Å². The van der Waals surface area contributed by atoms with Crippen LogP contribution in [0.3, 0.4) is 0 Å². The lowest BCUT2D eigenvalue weighted by Crippen LogP contribution is -2.38. The molecule has 1 aromatic heterocycles. The lowest BCUT2D eigenvalue weighted by atomic mass is 10.1. The van der Waals surface area contributed by atoms with Crippen molar-refractivity contribution in [3.8, 4) is 5.75 Å². The minimum Gasteiger partial charge on any atom is -0.489 e. The summed E-state index contributed by atoms with van der Waals surface area (Å²) in [5.74, 6) is 0.0619. The molecule has 3 rings (SSSR count). The van der Waals surface area contributed by atoms with E-state index in [0.717, 1.165) is 5.39 Å². The van der Waals surface area contributed by atoms with Gasteiger partial charge in [-0.15, -0.1) is 0 Å². The average Bonchev–Trinajstić information content (AvgIpc) is 3.10. The fourth-order valence-electron chi connectivity index (χ4n) is 2.69. The average molecular weight is 382 g/mol. The maximum absolute atomic E-state index is 12.6. The van der Waals surface area contributed by atoms with Crippen LogP contribution in [0.4, 0.5) is 0 Å². The van der Waals surface area contributed by atoms with Crippen LogP contribution in [0.25, 0.3) is 11.0 Å². The van der Waals surface area contributed by atoms with Crippen LogP contribution in [0.1, 0.15) is 16.1 Å². The monoisotopic (exact) mass is 382 g/mol. The number of hydrogen-bond donors (Lipinski definition) is 2. The second kappa shape index (κ2) is 9.57. The second-order valence-electron chi connectivity index (χ2n) is 6.03. The minimum absolute atomic E-state index is 0.141. The summed E-state index contributed by atoms with van der Waals surface area (Å²) in [7, 11) is 1.55. The van der Waals surface area contributed by atoms with E-state index in [9.17, 15) is 9.59 Å². The largest absolute Gasteiger partial charge is 0.489 e. The van der Waals surface area contributed by atoms with E-state index >= 15 is 0 Å². The lowest BCUT2D eigenvalue weighted by molar-refractivity contribution is -0.120. The number of ether oxygens (including phenoxy) is 2. The quantitative estimate of drug-likeness (QED) is 0.555. The van der Waals surface area contributed by atoms with Crippen LogP contribution in [0.5, 0.6) is 5.75 Å². The van der Waals surface area contributed by atoms with Gasteiger partial charge in [0.05, 0.1) is 13.2 Å². The van der Waals surface area contributed by atoms with Crippen molar-refractivity contribution in [2.24, 2.45) is 0 Å². The van der Waals surface area contributed by atoms with E-state index in [1.807, 2.05) is 48.5 Å². The molecule has 1 heterocycles. The molecule has 146 valence electrons. The van der Waals surface area contributed by atoms with E-state index in [0.29, 0.717) is 30.0 Å². The molecule has 0 atom stereocenters. The van der Waals surface area contributed by atoms with Gasteiger partial charge in [-0.25, -0.2) is 0 Å².